The summed E-state index contributed by atoms with van der Waals surface area (Å²) in [4.78, 5) is 4.01. The summed E-state index contributed by atoms with van der Waals surface area (Å²) in [5.74, 6) is 0. The Bertz CT molecular complexity index is 4090. The molecule has 2 heterocycles. The van der Waals surface area contributed by atoms with Crippen molar-refractivity contribution < 1.29 is 13.2 Å². The van der Waals surface area contributed by atoms with Crippen LogP contribution >= 0.6 is 0 Å². The second kappa shape index (κ2) is 14.2. The third-order valence-corrected chi connectivity index (χ3v) is 15.5. The number of aryl methyl sites for hydroxylation is 1. The normalized spacial score (nSPS) is 14.3. The van der Waals surface area contributed by atoms with Crippen molar-refractivity contribution in [2.45, 2.75) is 51.6 Å². The third-order valence-electron chi connectivity index (χ3n) is 15.5. The standard InChI is InChI=1S/C63H44F3N3/c1-36-33-38(63(64,65)66)24-27-40(36)37-23-26-43(56(34-37)69-52-22-14-10-18-47(52)58-55(69)32-29-45-42-16-8-12-20-50(42)62(4,5)60(45)58)48-35-39(67-6)25-30-53(48)68-51-21-13-9-17-46(51)57-54(68)31-28-44-41-15-7-11-19-49(41)61(2,3)59(44)57/h7-35H,1-5H3. The molecular formula is C63H44F3N3. The van der Waals surface area contributed by atoms with Gasteiger partial charge in [-0.1, -0.05) is 149 Å². The molecule has 0 spiro atoms. The number of alkyl halides is 3. The fraction of sp³-hybridized carbons (Fsp3) is 0.127. The fourth-order valence-electron chi connectivity index (χ4n) is 12.5. The molecule has 0 atom stereocenters. The molecule has 13 rings (SSSR count). The highest BCUT2D eigenvalue weighted by Gasteiger charge is 2.40. The lowest BCUT2D eigenvalue weighted by atomic mass is 9.80. The molecule has 3 nitrogen and oxygen atoms in total. The molecule has 11 aromatic rings. The zero-order valence-electron chi connectivity index (χ0n) is 38.7. The largest absolute Gasteiger partial charge is 0.416 e. The van der Waals surface area contributed by atoms with Gasteiger partial charge in [-0.15, -0.1) is 0 Å². The van der Waals surface area contributed by atoms with Crippen molar-refractivity contribution >= 4 is 49.3 Å². The van der Waals surface area contributed by atoms with Crippen LogP contribution in [0.5, 0.6) is 0 Å². The summed E-state index contributed by atoms with van der Waals surface area (Å²) >= 11 is 0. The SMILES string of the molecule is [C-]#[N+]c1ccc(-n2c3ccccc3c3c4c(ccc32)-c2ccccc2C4(C)C)c(-c2ccc(-c3ccc(C(F)(F)F)cc3C)cc2-n2c3ccccc3c3c4c(ccc32)-c2ccccc2C4(C)C)c1. The number of para-hydroxylation sites is 2. The number of rotatable bonds is 4. The van der Waals surface area contributed by atoms with Crippen LogP contribution in [0.25, 0.3) is 104 Å². The fourth-order valence-corrected chi connectivity index (χ4v) is 12.5. The van der Waals surface area contributed by atoms with E-state index in [-0.39, 0.29) is 10.8 Å². The van der Waals surface area contributed by atoms with Crippen LogP contribution in [0.3, 0.4) is 0 Å². The zero-order chi connectivity index (χ0) is 47.3. The topological polar surface area (TPSA) is 14.2 Å². The van der Waals surface area contributed by atoms with E-state index in [0.29, 0.717) is 16.8 Å². The summed E-state index contributed by atoms with van der Waals surface area (Å²) in [6, 6.07) is 59.9. The van der Waals surface area contributed by atoms with Gasteiger partial charge in [0.05, 0.1) is 45.6 Å². The average Bonchev–Trinajstić information content (AvgIpc) is 4.02. The highest BCUT2D eigenvalue weighted by atomic mass is 19.4. The third kappa shape index (κ3) is 5.62. The molecule has 0 fully saturated rings. The molecule has 2 aliphatic rings. The quantitative estimate of drug-likeness (QED) is 0.156. The maximum absolute atomic E-state index is 14.1. The highest BCUT2D eigenvalue weighted by Crippen LogP contribution is 2.56. The van der Waals surface area contributed by atoms with Gasteiger partial charge >= 0.3 is 6.18 Å². The monoisotopic (exact) mass is 899 g/mol. The first kappa shape index (κ1) is 41.1. The van der Waals surface area contributed by atoms with E-state index < -0.39 is 11.7 Å². The van der Waals surface area contributed by atoms with E-state index in [1.807, 2.05) is 18.2 Å². The summed E-state index contributed by atoms with van der Waals surface area (Å²) in [6.45, 7) is 19.4. The van der Waals surface area contributed by atoms with Crippen LogP contribution in [-0.4, -0.2) is 9.13 Å². The number of hydrogen-bond acceptors (Lipinski definition) is 0. The number of nitrogens with zero attached hydrogens (tertiary/aromatic N) is 3. The molecule has 0 N–H and O–H groups in total. The van der Waals surface area contributed by atoms with Crippen molar-refractivity contribution in [1.29, 1.82) is 0 Å². The summed E-state index contributed by atoms with van der Waals surface area (Å²) < 4.78 is 46.9. The maximum atomic E-state index is 14.1. The van der Waals surface area contributed by atoms with Crippen molar-refractivity contribution in [1.82, 2.24) is 9.13 Å². The lowest BCUT2D eigenvalue weighted by Crippen LogP contribution is -2.15. The molecule has 69 heavy (non-hydrogen) atoms. The minimum absolute atomic E-state index is 0.261. The predicted octanol–water partition coefficient (Wildman–Crippen LogP) is 17.7. The number of hydrogen-bond donors (Lipinski definition) is 0. The van der Waals surface area contributed by atoms with Crippen LogP contribution in [0.4, 0.5) is 18.9 Å². The zero-order valence-corrected chi connectivity index (χ0v) is 38.7. The minimum atomic E-state index is -4.47. The molecule has 332 valence electrons. The summed E-state index contributed by atoms with van der Waals surface area (Å²) in [5.41, 5.74) is 19.1. The Balaban J connectivity index is 1.14. The van der Waals surface area contributed by atoms with Crippen LogP contribution in [0.2, 0.25) is 0 Å². The second-order valence-electron chi connectivity index (χ2n) is 19.9. The number of aromatic nitrogens is 2. The Morgan fingerprint density at radius 1 is 0.449 bits per heavy atom. The molecule has 6 heteroatoms. The first-order valence-corrected chi connectivity index (χ1v) is 23.5. The Labute approximate surface area is 398 Å². The smallest absolute Gasteiger partial charge is 0.309 e. The average molecular weight is 900 g/mol. The van der Waals surface area contributed by atoms with E-state index in [2.05, 4.69) is 181 Å². The van der Waals surface area contributed by atoms with Gasteiger partial charge in [0.1, 0.15) is 0 Å². The Morgan fingerprint density at radius 2 is 0.957 bits per heavy atom. The van der Waals surface area contributed by atoms with Crippen LogP contribution in [-0.2, 0) is 17.0 Å². The summed E-state index contributed by atoms with van der Waals surface area (Å²) in [6.07, 6.45) is -4.47. The molecule has 0 aliphatic heterocycles. The first-order chi connectivity index (χ1) is 33.3. The molecular weight excluding hydrogens is 856 g/mol. The van der Waals surface area contributed by atoms with Gasteiger partial charge in [0.25, 0.3) is 0 Å². The van der Waals surface area contributed by atoms with Gasteiger partial charge in [0, 0.05) is 37.9 Å². The van der Waals surface area contributed by atoms with Crippen molar-refractivity contribution in [2.24, 2.45) is 0 Å². The van der Waals surface area contributed by atoms with Crippen molar-refractivity contribution in [3.8, 4) is 55.9 Å². The van der Waals surface area contributed by atoms with E-state index in [1.165, 1.54) is 67.4 Å². The molecule has 0 bridgehead atoms. The number of fused-ring (bicyclic) bond motifs is 14. The van der Waals surface area contributed by atoms with Crippen molar-refractivity contribution in [3.05, 3.63) is 221 Å². The van der Waals surface area contributed by atoms with Crippen LogP contribution in [0.1, 0.15) is 61.1 Å². The minimum Gasteiger partial charge on any atom is -0.309 e. The van der Waals surface area contributed by atoms with Gasteiger partial charge < -0.3 is 9.13 Å². The molecule has 9 aromatic carbocycles. The van der Waals surface area contributed by atoms with Gasteiger partial charge in [-0.2, -0.15) is 13.2 Å². The van der Waals surface area contributed by atoms with Gasteiger partial charge in [-0.05, 0) is 128 Å². The highest BCUT2D eigenvalue weighted by molar-refractivity contribution is 6.16. The van der Waals surface area contributed by atoms with E-state index in [9.17, 15) is 13.2 Å². The molecule has 0 unspecified atom stereocenters. The Hall–Kier alpha value is -8.14. The molecule has 2 aliphatic carbocycles. The van der Waals surface area contributed by atoms with Crippen molar-refractivity contribution in [3.63, 3.8) is 0 Å². The molecule has 0 amide bonds. The van der Waals surface area contributed by atoms with E-state index in [4.69, 9.17) is 6.57 Å². The van der Waals surface area contributed by atoms with Crippen LogP contribution < -0.4 is 0 Å². The first-order valence-electron chi connectivity index (χ1n) is 23.5. The lowest BCUT2D eigenvalue weighted by molar-refractivity contribution is -0.137. The Morgan fingerprint density at radius 3 is 1.51 bits per heavy atom. The summed E-state index contributed by atoms with van der Waals surface area (Å²) in [7, 11) is 0. The van der Waals surface area contributed by atoms with Gasteiger partial charge in [0.2, 0.25) is 0 Å². The van der Waals surface area contributed by atoms with Crippen LogP contribution in [0, 0.1) is 13.5 Å². The van der Waals surface area contributed by atoms with E-state index >= 15 is 0 Å². The lowest BCUT2D eigenvalue weighted by Gasteiger charge is -2.23. The Kier molecular flexibility index (Phi) is 8.45. The van der Waals surface area contributed by atoms with Crippen molar-refractivity contribution in [2.75, 3.05) is 0 Å². The number of halogens is 3. The molecule has 2 aromatic heterocycles. The van der Waals surface area contributed by atoms with Gasteiger partial charge in [-0.3, -0.25) is 0 Å². The van der Waals surface area contributed by atoms with Gasteiger partial charge in [0.15, 0.2) is 5.69 Å². The second-order valence-corrected chi connectivity index (χ2v) is 19.9. The molecule has 0 radical (unpaired) electrons. The summed E-state index contributed by atoms with van der Waals surface area (Å²) in [5, 5.41) is 4.64. The maximum Gasteiger partial charge on any atom is 0.416 e. The molecule has 0 saturated carbocycles. The molecule has 0 saturated heterocycles. The van der Waals surface area contributed by atoms with E-state index in [1.54, 1.807) is 13.0 Å². The number of benzene rings is 9. The van der Waals surface area contributed by atoms with Crippen LogP contribution in [0.15, 0.2) is 176 Å². The van der Waals surface area contributed by atoms with Gasteiger partial charge in [-0.25, -0.2) is 4.85 Å². The predicted molar refractivity (Wildman–Crippen MR) is 277 cm³/mol. The van der Waals surface area contributed by atoms with E-state index in [0.717, 1.165) is 60.9 Å².